The van der Waals surface area contributed by atoms with Crippen LogP contribution in [0.3, 0.4) is 0 Å². The summed E-state index contributed by atoms with van der Waals surface area (Å²) in [5, 5.41) is 12.4. The Bertz CT molecular complexity index is 1110. The maximum Gasteiger partial charge on any atom is 0.281 e. The van der Waals surface area contributed by atoms with Crippen molar-refractivity contribution in [2.45, 2.75) is 13.5 Å². The zero-order chi connectivity index (χ0) is 18.1. The highest BCUT2D eigenvalue weighted by atomic mass is 16.5. The number of benzene rings is 1. The molecular formula is C17H16N6O3. The van der Waals surface area contributed by atoms with Crippen molar-refractivity contribution >= 4 is 11.0 Å². The van der Waals surface area contributed by atoms with E-state index in [1.54, 1.807) is 7.05 Å². The summed E-state index contributed by atoms with van der Waals surface area (Å²) in [5.74, 6) is 1.25. The van der Waals surface area contributed by atoms with Gasteiger partial charge in [-0.2, -0.15) is 5.10 Å². The van der Waals surface area contributed by atoms with Gasteiger partial charge in [-0.3, -0.25) is 4.79 Å². The summed E-state index contributed by atoms with van der Waals surface area (Å²) >= 11 is 0. The van der Waals surface area contributed by atoms with Gasteiger partial charge in [0.25, 0.3) is 5.56 Å². The van der Waals surface area contributed by atoms with Crippen molar-refractivity contribution in [3.63, 3.8) is 0 Å². The number of hydrogen-bond acceptors (Lipinski definition) is 7. The lowest BCUT2D eigenvalue weighted by molar-refractivity contribution is 0.340. The summed E-state index contributed by atoms with van der Waals surface area (Å²) in [7, 11) is 1.71. The van der Waals surface area contributed by atoms with E-state index in [0.29, 0.717) is 29.2 Å². The number of ether oxygens (including phenoxy) is 1. The van der Waals surface area contributed by atoms with Crippen LogP contribution >= 0.6 is 0 Å². The van der Waals surface area contributed by atoms with Gasteiger partial charge < -0.3 is 9.15 Å². The lowest BCUT2D eigenvalue weighted by atomic mass is 10.2. The Kier molecular flexibility index (Phi) is 3.96. The molecule has 9 heteroatoms. The van der Waals surface area contributed by atoms with Gasteiger partial charge in [0.2, 0.25) is 5.89 Å². The topological polar surface area (TPSA) is 101 Å². The molecule has 0 aliphatic carbocycles. The van der Waals surface area contributed by atoms with Crippen molar-refractivity contribution in [2.75, 3.05) is 6.61 Å². The average Bonchev–Trinajstić information content (AvgIpc) is 3.26. The summed E-state index contributed by atoms with van der Waals surface area (Å²) < 4.78 is 13.7. The average molecular weight is 352 g/mol. The van der Waals surface area contributed by atoms with Gasteiger partial charge in [-0.15, -0.1) is 5.10 Å². The number of aromatic nitrogens is 6. The largest absolute Gasteiger partial charge is 0.494 e. The van der Waals surface area contributed by atoms with E-state index in [0.717, 1.165) is 11.3 Å². The van der Waals surface area contributed by atoms with Crippen molar-refractivity contribution in [3.05, 3.63) is 52.8 Å². The van der Waals surface area contributed by atoms with Crippen LogP contribution in [0.5, 0.6) is 5.75 Å². The lowest BCUT2D eigenvalue weighted by Gasteiger charge is -2.02. The first-order valence-electron chi connectivity index (χ1n) is 8.09. The smallest absolute Gasteiger partial charge is 0.281 e. The van der Waals surface area contributed by atoms with E-state index >= 15 is 0 Å². The van der Waals surface area contributed by atoms with Crippen LogP contribution in [0.1, 0.15) is 12.6 Å². The molecule has 26 heavy (non-hydrogen) atoms. The molecule has 0 bridgehead atoms. The second-order valence-corrected chi connectivity index (χ2v) is 5.66. The molecule has 9 nitrogen and oxygen atoms in total. The first kappa shape index (κ1) is 16.0. The maximum atomic E-state index is 12.5. The highest BCUT2D eigenvalue weighted by molar-refractivity contribution is 5.72. The molecule has 0 saturated carbocycles. The molecular weight excluding hydrogens is 336 g/mol. The molecule has 0 radical (unpaired) electrons. The van der Waals surface area contributed by atoms with Gasteiger partial charge in [-0.25, -0.2) is 14.3 Å². The maximum absolute atomic E-state index is 12.5. The Balaban J connectivity index is 1.59. The number of rotatable bonds is 5. The summed E-state index contributed by atoms with van der Waals surface area (Å²) in [6.45, 7) is 2.71. The minimum atomic E-state index is -0.270. The Morgan fingerprint density at radius 1 is 1.23 bits per heavy atom. The third-order valence-electron chi connectivity index (χ3n) is 3.90. The zero-order valence-corrected chi connectivity index (χ0v) is 14.3. The second kappa shape index (κ2) is 6.43. The number of aryl methyl sites for hydroxylation is 1. The fourth-order valence-electron chi connectivity index (χ4n) is 2.61. The van der Waals surface area contributed by atoms with Crippen molar-refractivity contribution in [2.24, 2.45) is 7.05 Å². The van der Waals surface area contributed by atoms with Gasteiger partial charge in [0.05, 0.1) is 19.3 Å². The van der Waals surface area contributed by atoms with Gasteiger partial charge in [-0.1, -0.05) is 5.21 Å². The minimum absolute atomic E-state index is 0.164. The Labute approximate surface area is 147 Å². The summed E-state index contributed by atoms with van der Waals surface area (Å²) in [5.41, 5.74) is 1.57. The quantitative estimate of drug-likeness (QED) is 0.538. The normalized spacial score (nSPS) is 11.2. The third kappa shape index (κ3) is 2.83. The van der Waals surface area contributed by atoms with E-state index in [1.165, 1.54) is 21.8 Å². The van der Waals surface area contributed by atoms with Gasteiger partial charge >= 0.3 is 0 Å². The van der Waals surface area contributed by atoms with Gasteiger partial charge in [-0.05, 0) is 31.2 Å². The van der Waals surface area contributed by atoms with Crippen molar-refractivity contribution < 1.29 is 9.15 Å². The van der Waals surface area contributed by atoms with Crippen LogP contribution in [-0.4, -0.2) is 36.4 Å². The molecule has 0 fully saturated rings. The van der Waals surface area contributed by atoms with Crippen LogP contribution in [0.4, 0.5) is 0 Å². The molecule has 3 aromatic heterocycles. The van der Waals surface area contributed by atoms with Gasteiger partial charge in [0.15, 0.2) is 5.65 Å². The van der Waals surface area contributed by atoms with Crippen LogP contribution in [0.2, 0.25) is 0 Å². The van der Waals surface area contributed by atoms with Crippen LogP contribution in [0, 0.1) is 0 Å². The van der Waals surface area contributed by atoms with E-state index in [1.807, 2.05) is 31.2 Å². The number of nitrogens with zero attached hydrogens (tertiary/aromatic N) is 6. The van der Waals surface area contributed by atoms with Crippen molar-refractivity contribution in [1.29, 1.82) is 0 Å². The molecule has 0 spiro atoms. The molecule has 0 unspecified atom stereocenters. The molecule has 4 aromatic rings. The lowest BCUT2D eigenvalue weighted by Crippen LogP contribution is -2.24. The third-order valence-corrected chi connectivity index (χ3v) is 3.90. The highest BCUT2D eigenvalue weighted by Crippen LogP contribution is 2.22. The van der Waals surface area contributed by atoms with E-state index in [2.05, 4.69) is 20.4 Å². The minimum Gasteiger partial charge on any atom is -0.494 e. The predicted molar refractivity (Wildman–Crippen MR) is 92.8 cm³/mol. The number of fused-ring (bicyclic) bond motifs is 1. The molecule has 0 saturated heterocycles. The van der Waals surface area contributed by atoms with E-state index in [4.69, 9.17) is 9.15 Å². The van der Waals surface area contributed by atoms with Crippen molar-refractivity contribution in [1.82, 2.24) is 29.8 Å². The van der Waals surface area contributed by atoms with Crippen molar-refractivity contribution in [3.8, 4) is 17.2 Å². The molecule has 0 amide bonds. The van der Waals surface area contributed by atoms with E-state index < -0.39 is 0 Å². The predicted octanol–water partition coefficient (Wildman–Crippen LogP) is 1.63. The Morgan fingerprint density at radius 3 is 2.81 bits per heavy atom. The molecule has 132 valence electrons. The fraction of sp³-hybridized carbons (Fsp3) is 0.235. The number of oxazole rings is 1. The van der Waals surface area contributed by atoms with Gasteiger partial charge in [0.1, 0.15) is 23.1 Å². The van der Waals surface area contributed by atoms with Crippen LogP contribution in [0.15, 0.2) is 45.9 Å². The second-order valence-electron chi connectivity index (χ2n) is 5.66. The van der Waals surface area contributed by atoms with E-state index in [9.17, 15) is 4.79 Å². The fourth-order valence-corrected chi connectivity index (χ4v) is 2.61. The first-order chi connectivity index (χ1) is 12.7. The summed E-state index contributed by atoms with van der Waals surface area (Å²) in [6.07, 6.45) is 2.99. The standard InChI is InChI=1S/C17H16N6O3/c1-3-25-13-6-4-11(5-7-13)16-19-12(10-26-16)9-23-17(24)14-8-18-22(2)15(14)20-21-23/h4-8,10H,3,9H2,1-2H3. The molecule has 0 aliphatic heterocycles. The zero-order valence-electron chi connectivity index (χ0n) is 14.3. The summed E-state index contributed by atoms with van der Waals surface area (Å²) in [4.78, 5) is 16.9. The molecule has 0 aliphatic rings. The monoisotopic (exact) mass is 352 g/mol. The molecule has 1 aromatic carbocycles. The SMILES string of the molecule is CCOc1ccc(-c2nc(Cn3nnc4c(cnn4C)c3=O)co2)cc1. The van der Waals surface area contributed by atoms with Crippen LogP contribution < -0.4 is 10.3 Å². The first-order valence-corrected chi connectivity index (χ1v) is 8.09. The molecule has 4 rings (SSSR count). The van der Waals surface area contributed by atoms with Crippen LogP contribution in [0.25, 0.3) is 22.5 Å². The Morgan fingerprint density at radius 2 is 2.04 bits per heavy atom. The molecule has 0 N–H and O–H groups in total. The molecule has 0 atom stereocenters. The van der Waals surface area contributed by atoms with Gasteiger partial charge in [0, 0.05) is 12.6 Å². The van der Waals surface area contributed by atoms with Crippen LogP contribution in [-0.2, 0) is 13.6 Å². The molecule has 3 heterocycles. The Hall–Kier alpha value is -3.49. The van der Waals surface area contributed by atoms with E-state index in [-0.39, 0.29) is 12.1 Å². The summed E-state index contributed by atoms with van der Waals surface area (Å²) in [6, 6.07) is 7.45. The highest BCUT2D eigenvalue weighted by Gasteiger charge is 2.12. The number of hydrogen-bond donors (Lipinski definition) is 0.